The van der Waals surface area contributed by atoms with E-state index in [0.29, 0.717) is 0 Å². The Bertz CT molecular complexity index is 180. The molecule has 0 amide bonds. The topological polar surface area (TPSA) is 0 Å². The second kappa shape index (κ2) is 17.8. The Morgan fingerprint density at radius 1 is 0.318 bits per heavy atom. The maximum Gasteiger partial charge on any atom is 0.0412 e. The highest BCUT2D eigenvalue weighted by Crippen LogP contribution is 2.14. The molecule has 132 valence electrons. The van der Waals surface area contributed by atoms with Crippen LogP contribution >= 0.6 is 0 Å². The molecule has 0 N–H and O–H groups in total. The fraction of sp³-hybridized carbons (Fsp3) is 1.00. The predicted octanol–water partition coefficient (Wildman–Crippen LogP) is 7.96. The van der Waals surface area contributed by atoms with Gasteiger partial charge in [-0.2, -0.15) is 0 Å². The fourth-order valence-electron chi connectivity index (χ4n) is 3.08. The molecular weight excluding hydrogens is 296 g/mol. The Morgan fingerprint density at radius 3 is 0.682 bits per heavy atom. The van der Waals surface area contributed by atoms with Crippen LogP contribution in [0.4, 0.5) is 0 Å². The maximum atomic E-state index is 2.44. The van der Waals surface area contributed by atoms with Crippen LogP contribution in [0, 0.1) is 0 Å². The quantitative estimate of drug-likeness (QED) is 0.186. The first-order chi connectivity index (χ1) is 10.6. The Hall–Kier alpha value is 0.434. The van der Waals surface area contributed by atoms with Gasteiger partial charge in [0, 0.05) is 17.6 Å². The average Bonchev–Trinajstić information content (AvgIpc) is 2.46. The first-order valence-electron chi connectivity index (χ1n) is 10.2. The third kappa shape index (κ3) is 20.4. The van der Waals surface area contributed by atoms with Gasteiger partial charge in [0.25, 0.3) is 0 Å². The predicted molar refractivity (Wildman–Crippen MR) is 109 cm³/mol. The Labute approximate surface area is 146 Å². The second-order valence-corrected chi connectivity index (χ2v) is 13.7. The van der Waals surface area contributed by atoms with Gasteiger partial charge >= 0.3 is 0 Å². The minimum absolute atomic E-state index is 0.0455. The van der Waals surface area contributed by atoms with Crippen molar-refractivity contribution >= 4 is 17.6 Å². The van der Waals surface area contributed by atoms with Gasteiger partial charge < -0.3 is 0 Å². The third-order valence-corrected chi connectivity index (χ3v) is 7.31. The van der Waals surface area contributed by atoms with Gasteiger partial charge in [0.1, 0.15) is 0 Å². The van der Waals surface area contributed by atoms with Crippen molar-refractivity contribution < 1.29 is 0 Å². The van der Waals surface area contributed by atoms with E-state index in [0.717, 1.165) is 0 Å². The van der Waals surface area contributed by atoms with E-state index in [1.54, 1.807) is 0 Å². The molecule has 22 heavy (non-hydrogen) atoms. The molecular formula is C20H44Si2. The molecule has 0 aromatic carbocycles. The Kier molecular flexibility index (Phi) is 18.1. The standard InChI is InChI=1S/C20H44Si2/c1-21(2)19-17-15-13-11-9-7-5-6-8-10-12-14-16-18-20-22(3)4/h5-20H2,1-4H3. The minimum Gasteiger partial charge on any atom is -0.0713 e. The van der Waals surface area contributed by atoms with Crippen molar-refractivity contribution in [3.05, 3.63) is 0 Å². The first kappa shape index (κ1) is 22.4. The summed E-state index contributed by atoms with van der Waals surface area (Å²) in [6, 6.07) is 3.06. The van der Waals surface area contributed by atoms with Crippen molar-refractivity contribution in [2.45, 2.75) is 128 Å². The Balaban J connectivity index is 2.97. The lowest BCUT2D eigenvalue weighted by Gasteiger charge is -2.05. The van der Waals surface area contributed by atoms with Crippen LogP contribution in [-0.4, -0.2) is 17.6 Å². The highest BCUT2D eigenvalue weighted by atomic mass is 28.3. The molecule has 0 aliphatic heterocycles. The maximum absolute atomic E-state index is 2.44. The molecule has 0 aromatic heterocycles. The molecule has 0 unspecified atom stereocenters. The van der Waals surface area contributed by atoms with Gasteiger partial charge in [-0.15, -0.1) is 0 Å². The van der Waals surface area contributed by atoms with Crippen molar-refractivity contribution in [1.29, 1.82) is 0 Å². The lowest BCUT2D eigenvalue weighted by molar-refractivity contribution is 0.538. The molecule has 0 bridgehead atoms. The smallest absolute Gasteiger partial charge is 0.0412 e. The SMILES string of the molecule is C[Si](C)CCCCCCCCCCCCCCCC[Si](C)C. The van der Waals surface area contributed by atoms with Crippen LogP contribution < -0.4 is 0 Å². The van der Waals surface area contributed by atoms with E-state index in [1.807, 2.05) is 0 Å². The summed E-state index contributed by atoms with van der Waals surface area (Å²) in [6.07, 6.45) is 20.9. The number of rotatable bonds is 17. The monoisotopic (exact) mass is 340 g/mol. The van der Waals surface area contributed by atoms with Crippen molar-refractivity contribution in [2.24, 2.45) is 0 Å². The zero-order valence-electron chi connectivity index (χ0n) is 16.3. The van der Waals surface area contributed by atoms with Gasteiger partial charge in [0.15, 0.2) is 0 Å². The van der Waals surface area contributed by atoms with Crippen LogP contribution in [0.25, 0.3) is 0 Å². The molecule has 0 aliphatic carbocycles. The van der Waals surface area contributed by atoms with Gasteiger partial charge in [-0.1, -0.05) is 128 Å². The van der Waals surface area contributed by atoms with Crippen molar-refractivity contribution in [3.63, 3.8) is 0 Å². The van der Waals surface area contributed by atoms with E-state index >= 15 is 0 Å². The number of hydrogen-bond acceptors (Lipinski definition) is 0. The van der Waals surface area contributed by atoms with Crippen LogP contribution in [0.3, 0.4) is 0 Å². The van der Waals surface area contributed by atoms with E-state index in [2.05, 4.69) is 26.2 Å². The third-order valence-electron chi connectivity index (χ3n) is 4.60. The number of unbranched alkanes of at least 4 members (excludes halogenated alkanes) is 13. The summed E-state index contributed by atoms with van der Waals surface area (Å²) in [4.78, 5) is 0. The molecule has 0 rings (SSSR count). The summed E-state index contributed by atoms with van der Waals surface area (Å²) in [5.74, 6) is 0. The molecule has 0 spiro atoms. The molecule has 0 saturated heterocycles. The van der Waals surface area contributed by atoms with Crippen molar-refractivity contribution in [3.8, 4) is 0 Å². The van der Waals surface area contributed by atoms with Gasteiger partial charge in [-0.05, 0) is 0 Å². The highest BCUT2D eigenvalue weighted by molar-refractivity contribution is 6.55. The fourth-order valence-corrected chi connectivity index (χ4v) is 4.99. The lowest BCUT2D eigenvalue weighted by atomic mass is 10.0. The molecule has 0 fully saturated rings. The van der Waals surface area contributed by atoms with E-state index < -0.39 is 0 Å². The van der Waals surface area contributed by atoms with Crippen molar-refractivity contribution in [1.82, 2.24) is 0 Å². The zero-order valence-corrected chi connectivity index (χ0v) is 18.3. The number of hydrogen-bond donors (Lipinski definition) is 0. The van der Waals surface area contributed by atoms with Crippen molar-refractivity contribution in [2.75, 3.05) is 0 Å². The largest absolute Gasteiger partial charge is 0.0713 e. The summed E-state index contributed by atoms with van der Waals surface area (Å²) in [5.41, 5.74) is 0. The minimum atomic E-state index is 0.0455. The molecule has 2 heteroatoms. The molecule has 0 aromatic rings. The molecule has 0 atom stereocenters. The molecule has 0 aliphatic rings. The average molecular weight is 341 g/mol. The van der Waals surface area contributed by atoms with E-state index in [1.165, 1.54) is 102 Å². The summed E-state index contributed by atoms with van der Waals surface area (Å²) in [5, 5.41) is 0. The summed E-state index contributed by atoms with van der Waals surface area (Å²) < 4.78 is 0. The summed E-state index contributed by atoms with van der Waals surface area (Å²) >= 11 is 0. The van der Waals surface area contributed by atoms with Crippen LogP contribution in [0.15, 0.2) is 0 Å². The van der Waals surface area contributed by atoms with Crippen LogP contribution in [0.5, 0.6) is 0 Å². The van der Waals surface area contributed by atoms with Gasteiger partial charge in [-0.25, -0.2) is 0 Å². The molecule has 0 nitrogen and oxygen atoms in total. The van der Waals surface area contributed by atoms with Crippen LogP contribution in [0.1, 0.15) is 89.9 Å². The van der Waals surface area contributed by atoms with Crippen LogP contribution in [0.2, 0.25) is 38.3 Å². The van der Waals surface area contributed by atoms with Gasteiger partial charge in [-0.3, -0.25) is 0 Å². The lowest BCUT2D eigenvalue weighted by Crippen LogP contribution is -1.97. The zero-order chi connectivity index (χ0) is 16.5. The summed E-state index contributed by atoms with van der Waals surface area (Å²) in [6.45, 7) is 9.77. The Morgan fingerprint density at radius 2 is 0.500 bits per heavy atom. The van der Waals surface area contributed by atoms with Crippen LogP contribution in [-0.2, 0) is 0 Å². The van der Waals surface area contributed by atoms with Gasteiger partial charge in [0.05, 0.1) is 0 Å². The first-order valence-corrected chi connectivity index (χ1v) is 15.6. The molecule has 0 saturated carbocycles. The normalized spacial score (nSPS) is 11.7. The molecule has 2 radical (unpaired) electrons. The summed E-state index contributed by atoms with van der Waals surface area (Å²) in [7, 11) is 0.0910. The van der Waals surface area contributed by atoms with E-state index in [4.69, 9.17) is 0 Å². The van der Waals surface area contributed by atoms with E-state index in [-0.39, 0.29) is 17.6 Å². The molecule has 0 heterocycles. The van der Waals surface area contributed by atoms with E-state index in [9.17, 15) is 0 Å². The van der Waals surface area contributed by atoms with Gasteiger partial charge in [0.2, 0.25) is 0 Å². The second-order valence-electron chi connectivity index (χ2n) is 7.86. The highest BCUT2D eigenvalue weighted by Gasteiger charge is 1.97.